The highest BCUT2D eigenvalue weighted by molar-refractivity contribution is 4.87. The van der Waals surface area contributed by atoms with Crippen LogP contribution in [-0.2, 0) is 0 Å². The zero-order valence-electron chi connectivity index (χ0n) is 10.2. The van der Waals surface area contributed by atoms with Crippen molar-refractivity contribution in [3.05, 3.63) is 0 Å². The molecule has 0 bridgehead atoms. The highest BCUT2D eigenvalue weighted by atomic mass is 15.3. The van der Waals surface area contributed by atoms with Crippen molar-refractivity contribution in [3.8, 4) is 0 Å². The molecule has 2 aliphatic heterocycles. The summed E-state index contributed by atoms with van der Waals surface area (Å²) in [4.78, 5) is 5.28. The first-order valence-electron chi connectivity index (χ1n) is 6.43. The Hall–Kier alpha value is -0.120. The summed E-state index contributed by atoms with van der Waals surface area (Å²) in [6.07, 6.45) is 1.35. The Bertz CT molecular complexity index is 181. The second kappa shape index (κ2) is 5.28. The number of hydrogen-bond donors (Lipinski definition) is 1. The molecule has 2 fully saturated rings. The molecule has 2 heterocycles. The summed E-state index contributed by atoms with van der Waals surface area (Å²) < 4.78 is 0. The summed E-state index contributed by atoms with van der Waals surface area (Å²) in [6.45, 7) is 13.5. The molecule has 1 N–H and O–H groups in total. The van der Waals surface area contributed by atoms with Crippen LogP contribution in [0.1, 0.15) is 20.3 Å². The Morgan fingerprint density at radius 2 is 1.80 bits per heavy atom. The predicted octanol–water partition coefficient (Wildman–Crippen LogP) is 0.622. The van der Waals surface area contributed by atoms with Crippen LogP contribution in [-0.4, -0.2) is 61.7 Å². The van der Waals surface area contributed by atoms with Gasteiger partial charge in [-0.15, -0.1) is 0 Å². The first kappa shape index (κ1) is 11.4. The maximum Gasteiger partial charge on any atom is 0.0346 e. The molecule has 0 aromatic carbocycles. The number of nitrogens with one attached hydrogen (secondary N) is 1. The van der Waals surface area contributed by atoms with Gasteiger partial charge in [-0.1, -0.05) is 13.8 Å². The van der Waals surface area contributed by atoms with E-state index < -0.39 is 0 Å². The van der Waals surface area contributed by atoms with E-state index >= 15 is 0 Å². The second-order valence-corrected chi connectivity index (χ2v) is 5.37. The lowest BCUT2D eigenvalue weighted by Crippen LogP contribution is -2.61. The van der Waals surface area contributed by atoms with Crippen LogP contribution in [0.25, 0.3) is 0 Å². The first-order valence-corrected chi connectivity index (χ1v) is 6.43. The normalized spacial score (nSPS) is 25.8. The lowest BCUT2D eigenvalue weighted by atomic mass is 10.1. The summed E-state index contributed by atoms with van der Waals surface area (Å²) in [6, 6.07) is 0.845. The van der Waals surface area contributed by atoms with Crippen molar-refractivity contribution in [2.75, 3.05) is 45.8 Å². The molecular formula is C12H25N3. The van der Waals surface area contributed by atoms with Gasteiger partial charge in [0, 0.05) is 45.3 Å². The molecule has 0 atom stereocenters. The van der Waals surface area contributed by atoms with Gasteiger partial charge in [-0.2, -0.15) is 0 Å². The minimum Gasteiger partial charge on any atom is -0.314 e. The Balaban J connectivity index is 1.63. The van der Waals surface area contributed by atoms with Crippen LogP contribution in [0.15, 0.2) is 0 Å². The van der Waals surface area contributed by atoms with E-state index in [1.807, 2.05) is 0 Å². The largest absolute Gasteiger partial charge is 0.314 e. The summed E-state index contributed by atoms with van der Waals surface area (Å²) in [5, 5.41) is 3.35. The maximum absolute atomic E-state index is 3.35. The molecule has 0 amide bonds. The highest BCUT2D eigenvalue weighted by Crippen LogP contribution is 2.11. The van der Waals surface area contributed by atoms with E-state index in [9.17, 15) is 0 Å². The van der Waals surface area contributed by atoms with E-state index in [0.29, 0.717) is 0 Å². The molecule has 2 aliphatic rings. The molecular weight excluding hydrogens is 186 g/mol. The summed E-state index contributed by atoms with van der Waals surface area (Å²) in [7, 11) is 0. The summed E-state index contributed by atoms with van der Waals surface area (Å²) >= 11 is 0. The average molecular weight is 211 g/mol. The van der Waals surface area contributed by atoms with Gasteiger partial charge in [0.05, 0.1) is 0 Å². The van der Waals surface area contributed by atoms with Crippen molar-refractivity contribution in [2.24, 2.45) is 5.92 Å². The van der Waals surface area contributed by atoms with Crippen LogP contribution in [0.4, 0.5) is 0 Å². The average Bonchev–Trinajstić information content (AvgIpc) is 2.14. The number of rotatable bonds is 4. The van der Waals surface area contributed by atoms with Gasteiger partial charge in [0.1, 0.15) is 0 Å². The minimum absolute atomic E-state index is 0.845. The van der Waals surface area contributed by atoms with E-state index in [1.165, 1.54) is 52.2 Å². The van der Waals surface area contributed by atoms with E-state index in [4.69, 9.17) is 0 Å². The van der Waals surface area contributed by atoms with Gasteiger partial charge in [0.2, 0.25) is 0 Å². The zero-order valence-corrected chi connectivity index (χ0v) is 10.2. The third-order valence-corrected chi connectivity index (χ3v) is 3.71. The van der Waals surface area contributed by atoms with Gasteiger partial charge < -0.3 is 10.2 Å². The minimum atomic E-state index is 0.845. The number of hydrogen-bond acceptors (Lipinski definition) is 3. The molecule has 3 nitrogen and oxygen atoms in total. The quantitative estimate of drug-likeness (QED) is 0.735. The molecule has 0 aromatic rings. The van der Waals surface area contributed by atoms with Crippen molar-refractivity contribution < 1.29 is 0 Å². The molecule has 88 valence electrons. The monoisotopic (exact) mass is 211 g/mol. The van der Waals surface area contributed by atoms with Gasteiger partial charge in [0.15, 0.2) is 0 Å². The number of piperazine rings is 1. The van der Waals surface area contributed by atoms with Crippen LogP contribution >= 0.6 is 0 Å². The predicted molar refractivity (Wildman–Crippen MR) is 64.1 cm³/mol. The Morgan fingerprint density at radius 1 is 1.13 bits per heavy atom. The fourth-order valence-electron chi connectivity index (χ4n) is 2.32. The Kier molecular flexibility index (Phi) is 4.00. The highest BCUT2D eigenvalue weighted by Gasteiger charge is 2.27. The molecule has 0 aliphatic carbocycles. The molecule has 0 aromatic heterocycles. The van der Waals surface area contributed by atoms with Crippen LogP contribution < -0.4 is 5.32 Å². The van der Waals surface area contributed by atoms with Gasteiger partial charge in [0.25, 0.3) is 0 Å². The van der Waals surface area contributed by atoms with Crippen molar-refractivity contribution in [1.29, 1.82) is 0 Å². The van der Waals surface area contributed by atoms with Crippen molar-refractivity contribution in [1.82, 2.24) is 15.1 Å². The summed E-state index contributed by atoms with van der Waals surface area (Å²) in [5.41, 5.74) is 0. The molecule has 0 radical (unpaired) electrons. The third-order valence-electron chi connectivity index (χ3n) is 3.71. The van der Waals surface area contributed by atoms with Gasteiger partial charge in [-0.3, -0.25) is 4.90 Å². The fraction of sp³-hybridized carbons (Fsp3) is 1.00. The van der Waals surface area contributed by atoms with Crippen LogP contribution in [0.2, 0.25) is 0 Å². The van der Waals surface area contributed by atoms with Crippen LogP contribution in [0.3, 0.4) is 0 Å². The van der Waals surface area contributed by atoms with Gasteiger partial charge in [-0.25, -0.2) is 0 Å². The van der Waals surface area contributed by atoms with E-state index in [2.05, 4.69) is 29.0 Å². The first-order chi connectivity index (χ1) is 7.25. The molecule has 0 unspecified atom stereocenters. The molecule has 2 saturated heterocycles. The lowest BCUT2D eigenvalue weighted by molar-refractivity contribution is 0.0709. The van der Waals surface area contributed by atoms with Crippen molar-refractivity contribution in [2.45, 2.75) is 26.3 Å². The topological polar surface area (TPSA) is 18.5 Å². The fourth-order valence-corrected chi connectivity index (χ4v) is 2.32. The summed E-state index contributed by atoms with van der Waals surface area (Å²) in [5.74, 6) is 0.846. The molecule has 0 saturated carbocycles. The smallest absolute Gasteiger partial charge is 0.0346 e. The molecule has 0 spiro atoms. The molecule has 3 heteroatoms. The zero-order chi connectivity index (χ0) is 10.7. The number of nitrogens with zero attached hydrogens (tertiary/aromatic N) is 2. The molecule has 15 heavy (non-hydrogen) atoms. The van der Waals surface area contributed by atoms with Crippen LogP contribution in [0.5, 0.6) is 0 Å². The van der Waals surface area contributed by atoms with Gasteiger partial charge in [-0.05, 0) is 18.9 Å². The lowest BCUT2D eigenvalue weighted by Gasteiger charge is -2.43. The van der Waals surface area contributed by atoms with E-state index in [1.54, 1.807) is 0 Å². The van der Waals surface area contributed by atoms with Crippen LogP contribution in [0, 0.1) is 5.92 Å². The third kappa shape index (κ3) is 3.16. The Labute approximate surface area is 93.8 Å². The second-order valence-electron chi connectivity index (χ2n) is 5.37. The van der Waals surface area contributed by atoms with E-state index in [0.717, 1.165) is 12.0 Å². The van der Waals surface area contributed by atoms with Gasteiger partial charge >= 0.3 is 0 Å². The Morgan fingerprint density at radius 3 is 2.27 bits per heavy atom. The van der Waals surface area contributed by atoms with Crippen molar-refractivity contribution >= 4 is 0 Å². The maximum atomic E-state index is 3.35. The van der Waals surface area contributed by atoms with Crippen molar-refractivity contribution in [3.63, 3.8) is 0 Å². The molecule has 2 rings (SSSR count). The standard InChI is InChI=1S/C12H25N3/c1-11(2)3-4-14-5-7-15(8-6-14)12-9-13-10-12/h11-13H,3-10H2,1-2H3. The SMILES string of the molecule is CC(C)CCN1CCN(C2CNC2)CC1. The van der Waals surface area contributed by atoms with E-state index in [-0.39, 0.29) is 0 Å².